The van der Waals surface area contributed by atoms with Crippen LogP contribution in [0.1, 0.15) is 0 Å². The van der Waals surface area contributed by atoms with Gasteiger partial charge in [0, 0.05) is 55.4 Å². The van der Waals surface area contributed by atoms with Crippen molar-refractivity contribution >= 4 is 65.2 Å². The molecule has 0 bridgehead atoms. The summed E-state index contributed by atoms with van der Waals surface area (Å²) in [5.74, 6) is 3.57. The summed E-state index contributed by atoms with van der Waals surface area (Å²) in [5.41, 5.74) is 11.8. The molecule has 14 rings (SSSR count). The molecular formula is C59H35N5O. The summed E-state index contributed by atoms with van der Waals surface area (Å²) in [6.07, 6.45) is 0. The van der Waals surface area contributed by atoms with E-state index in [1.54, 1.807) is 0 Å². The minimum atomic E-state index is 0.571. The van der Waals surface area contributed by atoms with E-state index in [0.717, 1.165) is 88.6 Å². The molecule has 1 aliphatic rings. The van der Waals surface area contributed by atoms with E-state index in [2.05, 4.69) is 179 Å². The summed E-state index contributed by atoms with van der Waals surface area (Å²) in [6, 6.07) is 75.1. The van der Waals surface area contributed by atoms with Crippen molar-refractivity contribution in [3.05, 3.63) is 212 Å². The lowest BCUT2D eigenvalue weighted by atomic mass is 9.92. The molecule has 3 aromatic heterocycles. The zero-order valence-corrected chi connectivity index (χ0v) is 34.9. The first-order valence-electron chi connectivity index (χ1n) is 21.9. The number of para-hydroxylation sites is 2. The zero-order chi connectivity index (χ0) is 42.6. The van der Waals surface area contributed by atoms with Crippen LogP contribution in [0.25, 0.3) is 122 Å². The Morgan fingerprint density at radius 2 is 0.908 bits per heavy atom. The highest BCUT2D eigenvalue weighted by molar-refractivity contribution is 6.26. The second-order valence-corrected chi connectivity index (χ2v) is 16.8. The Bertz CT molecular complexity index is 4020. The lowest BCUT2D eigenvalue weighted by molar-refractivity contribution is 0.487. The Balaban J connectivity index is 1.02. The molecule has 1 aliphatic heterocycles. The largest absolute Gasteiger partial charge is 0.456 e. The third-order valence-corrected chi connectivity index (χ3v) is 13.1. The van der Waals surface area contributed by atoms with Gasteiger partial charge in [0.05, 0.1) is 22.1 Å². The quantitative estimate of drug-likeness (QED) is 0.173. The maximum Gasteiger partial charge on any atom is 0.238 e. The van der Waals surface area contributed by atoms with Gasteiger partial charge in [0.2, 0.25) is 5.95 Å². The second kappa shape index (κ2) is 13.8. The predicted molar refractivity (Wildman–Crippen MR) is 265 cm³/mol. The van der Waals surface area contributed by atoms with Crippen LogP contribution in [0.5, 0.6) is 11.5 Å². The maximum atomic E-state index is 6.70. The molecule has 0 atom stereocenters. The number of aromatic nitrogens is 5. The third-order valence-electron chi connectivity index (χ3n) is 13.1. The summed E-state index contributed by atoms with van der Waals surface area (Å²) in [6.45, 7) is 0. The Labute approximate surface area is 372 Å². The van der Waals surface area contributed by atoms with E-state index in [1.807, 2.05) is 42.5 Å². The standard InChI is InChI=1S/C59H35N5O/c1-4-15-36(16-5-1)57-60-58(37-17-6-2-7-18-37)62-59(61-57)64-49-29-27-40(32-46(49)47-31-38-19-10-11-20-39(38)34-51(47)64)41-28-30-50-48(33-41)55-45-25-14-24-44-43-23-12-13-26-53(43)65-54(56(44)45)35-52(55)63(50)42-21-8-3-9-22-42/h1-35H. The highest BCUT2D eigenvalue weighted by atomic mass is 16.5. The first-order valence-corrected chi connectivity index (χ1v) is 21.9. The van der Waals surface area contributed by atoms with Gasteiger partial charge in [-0.1, -0.05) is 152 Å². The fourth-order valence-electron chi connectivity index (χ4n) is 10.2. The molecular weight excluding hydrogens is 795 g/mol. The second-order valence-electron chi connectivity index (χ2n) is 16.8. The van der Waals surface area contributed by atoms with Crippen molar-refractivity contribution in [2.24, 2.45) is 0 Å². The van der Waals surface area contributed by atoms with Crippen molar-refractivity contribution in [1.82, 2.24) is 24.1 Å². The van der Waals surface area contributed by atoms with Gasteiger partial charge in [0.1, 0.15) is 11.5 Å². The fourth-order valence-corrected chi connectivity index (χ4v) is 10.2. The SMILES string of the molecule is c1ccc(-c2nc(-c3ccccc3)nc(-n3c4ccc(-c5ccc6c(c5)c5c7cccc8c7c(cc5n6-c5ccccc5)Oc5ccccc5-8)cc4c4cc5ccccc5cc43)n2)cc1. The van der Waals surface area contributed by atoms with Gasteiger partial charge >= 0.3 is 0 Å². The first-order chi connectivity index (χ1) is 32.2. The predicted octanol–water partition coefficient (Wildman–Crippen LogP) is 15.1. The summed E-state index contributed by atoms with van der Waals surface area (Å²) < 4.78 is 11.3. The molecule has 0 aliphatic carbocycles. The minimum absolute atomic E-state index is 0.571. The van der Waals surface area contributed by atoms with Crippen molar-refractivity contribution in [2.45, 2.75) is 0 Å². The van der Waals surface area contributed by atoms with Gasteiger partial charge < -0.3 is 9.30 Å². The van der Waals surface area contributed by atoms with Crippen LogP contribution in [0.4, 0.5) is 0 Å². The van der Waals surface area contributed by atoms with E-state index in [0.29, 0.717) is 17.6 Å². The lowest BCUT2D eigenvalue weighted by Crippen LogP contribution is -2.06. The van der Waals surface area contributed by atoms with Crippen molar-refractivity contribution in [1.29, 1.82) is 0 Å². The monoisotopic (exact) mass is 829 g/mol. The molecule has 0 unspecified atom stereocenters. The highest BCUT2D eigenvalue weighted by Gasteiger charge is 2.25. The Kier molecular flexibility index (Phi) is 7.59. The van der Waals surface area contributed by atoms with Crippen LogP contribution in [0.15, 0.2) is 212 Å². The van der Waals surface area contributed by atoms with E-state index in [-0.39, 0.29) is 0 Å². The van der Waals surface area contributed by atoms with Crippen LogP contribution >= 0.6 is 0 Å². The molecule has 10 aromatic carbocycles. The van der Waals surface area contributed by atoms with Crippen molar-refractivity contribution in [2.75, 3.05) is 0 Å². The molecule has 0 fully saturated rings. The molecule has 4 heterocycles. The van der Waals surface area contributed by atoms with Gasteiger partial charge in [-0.3, -0.25) is 4.57 Å². The average Bonchev–Trinajstić information content (AvgIpc) is 3.87. The van der Waals surface area contributed by atoms with Crippen LogP contribution in [0.3, 0.4) is 0 Å². The van der Waals surface area contributed by atoms with E-state index in [9.17, 15) is 0 Å². The molecule has 302 valence electrons. The molecule has 0 saturated heterocycles. The van der Waals surface area contributed by atoms with Crippen molar-refractivity contribution in [3.8, 4) is 68.2 Å². The normalized spacial score (nSPS) is 12.1. The number of hydrogen-bond acceptors (Lipinski definition) is 4. The molecule has 6 nitrogen and oxygen atoms in total. The molecule has 0 N–H and O–H groups in total. The van der Waals surface area contributed by atoms with Gasteiger partial charge in [-0.15, -0.1) is 0 Å². The summed E-state index contributed by atoms with van der Waals surface area (Å²) in [5, 5.41) is 9.28. The first kappa shape index (κ1) is 35.7. The highest BCUT2D eigenvalue weighted by Crippen LogP contribution is 2.51. The fraction of sp³-hybridized carbons (Fsp3) is 0. The lowest BCUT2D eigenvalue weighted by Gasteiger charge is -2.22. The number of ether oxygens (including phenoxy) is 1. The average molecular weight is 830 g/mol. The van der Waals surface area contributed by atoms with E-state index < -0.39 is 0 Å². The number of nitrogens with zero attached hydrogens (tertiary/aromatic N) is 5. The smallest absolute Gasteiger partial charge is 0.238 e. The number of hydrogen-bond donors (Lipinski definition) is 0. The van der Waals surface area contributed by atoms with Crippen molar-refractivity contribution < 1.29 is 4.74 Å². The van der Waals surface area contributed by atoms with Crippen LogP contribution < -0.4 is 4.74 Å². The molecule has 0 saturated carbocycles. The Morgan fingerprint density at radius 3 is 1.63 bits per heavy atom. The summed E-state index contributed by atoms with van der Waals surface area (Å²) in [7, 11) is 0. The molecule has 0 spiro atoms. The number of benzene rings is 10. The van der Waals surface area contributed by atoms with Gasteiger partial charge in [-0.25, -0.2) is 4.98 Å². The van der Waals surface area contributed by atoms with Crippen LogP contribution in [-0.4, -0.2) is 24.1 Å². The van der Waals surface area contributed by atoms with E-state index in [1.165, 1.54) is 27.1 Å². The topological polar surface area (TPSA) is 57.8 Å². The molecule has 6 heteroatoms. The molecule has 0 radical (unpaired) electrons. The molecule has 13 aromatic rings. The number of fused-ring (bicyclic) bond motifs is 10. The zero-order valence-electron chi connectivity index (χ0n) is 34.9. The minimum Gasteiger partial charge on any atom is -0.456 e. The van der Waals surface area contributed by atoms with Crippen LogP contribution in [-0.2, 0) is 0 Å². The summed E-state index contributed by atoms with van der Waals surface area (Å²) >= 11 is 0. The Morgan fingerprint density at radius 1 is 0.323 bits per heavy atom. The van der Waals surface area contributed by atoms with Crippen LogP contribution in [0.2, 0.25) is 0 Å². The van der Waals surface area contributed by atoms with Crippen molar-refractivity contribution in [3.63, 3.8) is 0 Å². The van der Waals surface area contributed by atoms with Crippen LogP contribution in [0, 0.1) is 0 Å². The van der Waals surface area contributed by atoms with E-state index >= 15 is 0 Å². The Hall–Kier alpha value is -8.87. The van der Waals surface area contributed by atoms with Gasteiger partial charge in [-0.05, 0) is 87.4 Å². The molecule has 65 heavy (non-hydrogen) atoms. The third kappa shape index (κ3) is 5.44. The van der Waals surface area contributed by atoms with E-state index in [4.69, 9.17) is 19.7 Å². The van der Waals surface area contributed by atoms with Gasteiger partial charge in [0.25, 0.3) is 0 Å². The maximum absolute atomic E-state index is 6.70. The van der Waals surface area contributed by atoms with Gasteiger partial charge in [0.15, 0.2) is 11.6 Å². The molecule has 0 amide bonds. The summed E-state index contributed by atoms with van der Waals surface area (Å²) in [4.78, 5) is 15.4. The van der Waals surface area contributed by atoms with Gasteiger partial charge in [-0.2, -0.15) is 9.97 Å². The number of rotatable bonds is 5.